The topological polar surface area (TPSA) is 54.5 Å². The lowest BCUT2D eigenvalue weighted by atomic mass is 10.1. The molecule has 0 unspecified atom stereocenters. The van der Waals surface area contributed by atoms with Crippen molar-refractivity contribution in [1.82, 2.24) is 15.2 Å². The Kier molecular flexibility index (Phi) is 6.40. The zero-order valence-corrected chi connectivity index (χ0v) is 16.7. The summed E-state index contributed by atoms with van der Waals surface area (Å²) in [4.78, 5) is 18.6. The van der Waals surface area contributed by atoms with Gasteiger partial charge in [0.15, 0.2) is 0 Å². The molecule has 1 aromatic carbocycles. The Morgan fingerprint density at radius 3 is 2.50 bits per heavy atom. The minimum absolute atomic E-state index is 0.126. The Hall–Kier alpha value is -1.76. The van der Waals surface area contributed by atoms with Gasteiger partial charge in [-0.05, 0) is 47.0 Å². The summed E-state index contributed by atoms with van der Waals surface area (Å²) in [5, 5.41) is 2.93. The number of nitrogens with zero attached hydrogens (tertiary/aromatic N) is 2. The summed E-state index contributed by atoms with van der Waals surface area (Å²) >= 11 is 3.33. The lowest BCUT2D eigenvalue weighted by Crippen LogP contribution is -2.44. The van der Waals surface area contributed by atoms with Gasteiger partial charge in [0.2, 0.25) is 0 Å². The molecule has 0 spiro atoms. The molecule has 2 aromatic rings. The van der Waals surface area contributed by atoms with Crippen LogP contribution in [0.25, 0.3) is 0 Å². The molecule has 26 heavy (non-hydrogen) atoms. The van der Waals surface area contributed by atoms with Crippen LogP contribution in [0.4, 0.5) is 0 Å². The summed E-state index contributed by atoms with van der Waals surface area (Å²) in [7, 11) is 0. The van der Waals surface area contributed by atoms with Gasteiger partial charge in [0.1, 0.15) is 0 Å². The number of aromatic nitrogens is 1. The molecule has 1 aromatic heterocycles. The number of halogens is 1. The first kappa shape index (κ1) is 19.0. The number of pyridine rings is 1. The highest BCUT2D eigenvalue weighted by molar-refractivity contribution is 9.10. The third kappa shape index (κ3) is 5.37. The van der Waals surface area contributed by atoms with Gasteiger partial charge in [-0.1, -0.05) is 24.3 Å². The van der Waals surface area contributed by atoms with Gasteiger partial charge in [0.05, 0.1) is 17.8 Å². The minimum atomic E-state index is -0.126. The second kappa shape index (κ2) is 8.75. The molecule has 1 amide bonds. The van der Waals surface area contributed by atoms with Crippen LogP contribution in [-0.2, 0) is 17.8 Å². The summed E-state index contributed by atoms with van der Waals surface area (Å²) in [5.74, 6) is -0.126. The van der Waals surface area contributed by atoms with Crippen molar-refractivity contribution in [1.29, 1.82) is 0 Å². The van der Waals surface area contributed by atoms with Gasteiger partial charge in [-0.15, -0.1) is 0 Å². The molecular formula is C20H24BrN3O2. The van der Waals surface area contributed by atoms with Gasteiger partial charge < -0.3 is 10.1 Å². The first-order chi connectivity index (χ1) is 12.5. The quantitative estimate of drug-likeness (QED) is 0.809. The van der Waals surface area contributed by atoms with Gasteiger partial charge in [-0.25, -0.2) is 0 Å². The van der Waals surface area contributed by atoms with Crippen LogP contribution in [0.5, 0.6) is 0 Å². The molecule has 0 radical (unpaired) electrons. The molecule has 0 bridgehead atoms. The number of hydrogen-bond acceptors (Lipinski definition) is 4. The van der Waals surface area contributed by atoms with Crippen molar-refractivity contribution < 1.29 is 9.53 Å². The Morgan fingerprint density at radius 1 is 1.19 bits per heavy atom. The van der Waals surface area contributed by atoms with Gasteiger partial charge >= 0.3 is 0 Å². The van der Waals surface area contributed by atoms with E-state index in [2.05, 4.69) is 69.2 Å². The maximum atomic E-state index is 12.2. The fourth-order valence-electron chi connectivity index (χ4n) is 3.25. The van der Waals surface area contributed by atoms with E-state index in [1.165, 1.54) is 5.56 Å². The molecule has 0 aliphatic carbocycles. The highest BCUT2D eigenvalue weighted by Crippen LogP contribution is 2.15. The van der Waals surface area contributed by atoms with E-state index in [9.17, 15) is 4.79 Å². The lowest BCUT2D eigenvalue weighted by Gasteiger charge is -2.35. The van der Waals surface area contributed by atoms with E-state index in [-0.39, 0.29) is 18.1 Å². The summed E-state index contributed by atoms with van der Waals surface area (Å²) < 4.78 is 6.57. The molecule has 2 atom stereocenters. The lowest BCUT2D eigenvalue weighted by molar-refractivity contribution is -0.0704. The third-order valence-corrected chi connectivity index (χ3v) is 4.78. The number of morpholine rings is 1. The Morgan fingerprint density at radius 2 is 1.85 bits per heavy atom. The maximum Gasteiger partial charge on any atom is 0.253 e. The monoisotopic (exact) mass is 417 g/mol. The molecule has 0 saturated carbocycles. The van der Waals surface area contributed by atoms with Crippen molar-refractivity contribution in [2.45, 2.75) is 39.1 Å². The van der Waals surface area contributed by atoms with Crippen molar-refractivity contribution in [3.63, 3.8) is 0 Å². The number of hydrogen-bond donors (Lipinski definition) is 1. The third-order valence-electron chi connectivity index (χ3n) is 4.34. The van der Waals surface area contributed by atoms with Crippen LogP contribution in [0.15, 0.2) is 47.2 Å². The minimum Gasteiger partial charge on any atom is -0.373 e. The number of carbonyl (C=O) groups is 1. The number of rotatable bonds is 5. The molecular weight excluding hydrogens is 394 g/mol. The van der Waals surface area contributed by atoms with E-state index in [0.717, 1.165) is 29.7 Å². The zero-order chi connectivity index (χ0) is 18.5. The summed E-state index contributed by atoms with van der Waals surface area (Å²) in [6.07, 6.45) is 3.78. The molecule has 1 aliphatic heterocycles. The van der Waals surface area contributed by atoms with Crippen LogP contribution < -0.4 is 5.32 Å². The van der Waals surface area contributed by atoms with Crippen LogP contribution in [0.3, 0.4) is 0 Å². The van der Waals surface area contributed by atoms with E-state index < -0.39 is 0 Å². The maximum absolute atomic E-state index is 12.2. The average molecular weight is 418 g/mol. The number of benzene rings is 1. The van der Waals surface area contributed by atoms with Crippen molar-refractivity contribution in [2.75, 3.05) is 13.1 Å². The van der Waals surface area contributed by atoms with Crippen molar-refractivity contribution in [2.24, 2.45) is 0 Å². The summed E-state index contributed by atoms with van der Waals surface area (Å²) in [5.41, 5.74) is 2.90. The van der Waals surface area contributed by atoms with Crippen molar-refractivity contribution >= 4 is 21.8 Å². The predicted molar refractivity (Wildman–Crippen MR) is 105 cm³/mol. The number of amides is 1. The number of nitrogens with one attached hydrogen (secondary N) is 1. The molecule has 1 fully saturated rings. The number of ether oxygens (including phenoxy) is 1. The Balaban J connectivity index is 1.52. The second-order valence-electron chi connectivity index (χ2n) is 6.84. The van der Waals surface area contributed by atoms with Gasteiger partial charge in [-0.2, -0.15) is 0 Å². The fraction of sp³-hybridized carbons (Fsp3) is 0.400. The SMILES string of the molecule is C[C@H]1CN(Cc2ccc(CNC(=O)c3cncc(Br)c3)cc2)C[C@H](C)O1. The normalized spacial score (nSPS) is 20.7. The second-order valence-corrected chi connectivity index (χ2v) is 7.76. The molecule has 1 saturated heterocycles. The van der Waals surface area contributed by atoms with Gasteiger partial charge in [0, 0.05) is 43.0 Å². The van der Waals surface area contributed by atoms with Gasteiger partial charge in [-0.3, -0.25) is 14.7 Å². The van der Waals surface area contributed by atoms with E-state index in [0.29, 0.717) is 12.1 Å². The molecule has 138 valence electrons. The molecule has 5 nitrogen and oxygen atoms in total. The standard InChI is InChI=1S/C20H24BrN3O2/c1-14-11-24(12-15(2)26-14)13-17-5-3-16(4-6-17)8-23-20(25)18-7-19(21)10-22-9-18/h3-7,9-10,14-15H,8,11-13H2,1-2H3,(H,23,25)/t14-,15-/m0/s1. The number of carbonyl (C=O) groups excluding carboxylic acids is 1. The zero-order valence-electron chi connectivity index (χ0n) is 15.1. The first-order valence-corrected chi connectivity index (χ1v) is 9.63. The van der Waals surface area contributed by atoms with E-state index >= 15 is 0 Å². The van der Waals surface area contributed by atoms with E-state index in [1.54, 1.807) is 18.5 Å². The first-order valence-electron chi connectivity index (χ1n) is 8.84. The van der Waals surface area contributed by atoms with Crippen LogP contribution in [0.1, 0.15) is 35.3 Å². The largest absolute Gasteiger partial charge is 0.373 e. The molecule has 1 aliphatic rings. The predicted octanol–water partition coefficient (Wildman–Crippen LogP) is 3.38. The summed E-state index contributed by atoms with van der Waals surface area (Å²) in [6.45, 7) is 7.59. The molecule has 6 heteroatoms. The van der Waals surface area contributed by atoms with Crippen LogP contribution in [-0.4, -0.2) is 41.1 Å². The van der Waals surface area contributed by atoms with E-state index in [4.69, 9.17) is 4.74 Å². The van der Waals surface area contributed by atoms with Crippen molar-refractivity contribution in [3.8, 4) is 0 Å². The fourth-order valence-corrected chi connectivity index (χ4v) is 3.62. The summed E-state index contributed by atoms with van der Waals surface area (Å²) in [6, 6.07) is 10.2. The molecule has 3 rings (SSSR count). The molecule has 2 heterocycles. The molecule has 1 N–H and O–H groups in total. The van der Waals surface area contributed by atoms with Crippen LogP contribution in [0, 0.1) is 0 Å². The smallest absolute Gasteiger partial charge is 0.253 e. The van der Waals surface area contributed by atoms with E-state index in [1.807, 2.05) is 0 Å². The highest BCUT2D eigenvalue weighted by atomic mass is 79.9. The average Bonchev–Trinajstić information content (AvgIpc) is 2.60. The Labute approximate surface area is 162 Å². The van der Waals surface area contributed by atoms with Crippen molar-refractivity contribution in [3.05, 3.63) is 63.9 Å². The van der Waals surface area contributed by atoms with Gasteiger partial charge in [0.25, 0.3) is 5.91 Å². The highest BCUT2D eigenvalue weighted by Gasteiger charge is 2.21. The van der Waals surface area contributed by atoms with Crippen LogP contribution >= 0.6 is 15.9 Å². The Bertz CT molecular complexity index is 741. The van der Waals surface area contributed by atoms with Crippen LogP contribution in [0.2, 0.25) is 0 Å².